The Kier molecular flexibility index (Phi) is 4.91. The zero-order valence-electron chi connectivity index (χ0n) is 13.6. The van der Waals surface area contributed by atoms with Crippen molar-refractivity contribution in [2.24, 2.45) is 0 Å². The Balaban J connectivity index is 2.31. The van der Waals surface area contributed by atoms with E-state index < -0.39 is 39.9 Å². The highest BCUT2D eigenvalue weighted by Gasteiger charge is 2.26. The predicted molar refractivity (Wildman–Crippen MR) is 94.7 cm³/mol. The number of halogens is 2. The van der Waals surface area contributed by atoms with Crippen molar-refractivity contribution in [2.75, 3.05) is 0 Å². The van der Waals surface area contributed by atoms with E-state index in [9.17, 15) is 29.0 Å². The average molecular weight is 391 g/mol. The Morgan fingerprint density at radius 2 is 1.89 bits per heavy atom. The number of carbonyl (C=O) groups is 2. The quantitative estimate of drug-likeness (QED) is 0.648. The second kappa shape index (κ2) is 7.16. The van der Waals surface area contributed by atoms with Crippen LogP contribution in [-0.2, 0) is 11.2 Å². The number of aromatic nitrogens is 2. The molecule has 138 valence electrons. The maximum atomic E-state index is 13.8. The van der Waals surface area contributed by atoms with Crippen molar-refractivity contribution in [2.45, 2.75) is 12.5 Å². The number of carboxylic acids is 2. The Bertz CT molecular complexity index is 1110. The van der Waals surface area contributed by atoms with E-state index in [1.807, 2.05) is 0 Å². The molecule has 0 aliphatic rings. The van der Waals surface area contributed by atoms with Gasteiger partial charge in [-0.15, -0.1) is 0 Å². The minimum Gasteiger partial charge on any atom is -0.480 e. The molecule has 9 heteroatoms. The van der Waals surface area contributed by atoms with Gasteiger partial charge in [-0.2, -0.15) is 0 Å². The number of aliphatic carboxylic acids is 1. The topological polar surface area (TPSA) is 109 Å². The molecule has 2 aromatic heterocycles. The van der Waals surface area contributed by atoms with Crippen LogP contribution in [0.5, 0.6) is 0 Å². The highest BCUT2D eigenvalue weighted by atomic mass is 35.5. The number of hydrogen-bond donors (Lipinski definition) is 2. The second-order valence-electron chi connectivity index (χ2n) is 5.76. The van der Waals surface area contributed by atoms with Gasteiger partial charge in [0.25, 0.3) is 0 Å². The molecule has 7 nitrogen and oxygen atoms in total. The molecule has 0 radical (unpaired) electrons. The number of pyridine rings is 2. The molecule has 0 aliphatic carbocycles. The molecule has 1 unspecified atom stereocenters. The van der Waals surface area contributed by atoms with Crippen LogP contribution in [0.15, 0.2) is 47.4 Å². The SMILES string of the molecule is O=C(O)c1cn(C(Cc2ccccc2)C(=O)O)c2nc(Cl)c(F)cc2c1=O. The minimum absolute atomic E-state index is 0.0100. The summed E-state index contributed by atoms with van der Waals surface area (Å²) in [6.45, 7) is 0. The molecule has 0 saturated heterocycles. The van der Waals surface area contributed by atoms with Crippen LogP contribution in [0.2, 0.25) is 5.15 Å². The van der Waals surface area contributed by atoms with Crippen LogP contribution in [0.3, 0.4) is 0 Å². The zero-order valence-corrected chi connectivity index (χ0v) is 14.4. The monoisotopic (exact) mass is 390 g/mol. The van der Waals surface area contributed by atoms with Gasteiger partial charge in [0.1, 0.15) is 17.3 Å². The van der Waals surface area contributed by atoms with Crippen LogP contribution in [0, 0.1) is 5.82 Å². The Morgan fingerprint density at radius 1 is 1.22 bits per heavy atom. The van der Waals surface area contributed by atoms with Gasteiger partial charge in [-0.1, -0.05) is 41.9 Å². The van der Waals surface area contributed by atoms with E-state index in [0.717, 1.165) is 16.8 Å². The van der Waals surface area contributed by atoms with E-state index in [1.165, 1.54) is 0 Å². The number of hydrogen-bond acceptors (Lipinski definition) is 4. The number of aromatic carboxylic acids is 1. The summed E-state index contributed by atoms with van der Waals surface area (Å²) in [5.41, 5.74) is -1.20. The maximum Gasteiger partial charge on any atom is 0.341 e. The second-order valence-corrected chi connectivity index (χ2v) is 6.12. The highest BCUT2D eigenvalue weighted by Crippen LogP contribution is 2.23. The van der Waals surface area contributed by atoms with Crippen LogP contribution < -0.4 is 5.43 Å². The lowest BCUT2D eigenvalue weighted by Crippen LogP contribution is -2.27. The fraction of sp³-hybridized carbons (Fsp3) is 0.111. The van der Waals surface area contributed by atoms with Crippen molar-refractivity contribution in [1.82, 2.24) is 9.55 Å². The third-order valence-corrected chi connectivity index (χ3v) is 4.30. The summed E-state index contributed by atoms with van der Waals surface area (Å²) in [5, 5.41) is 18.1. The van der Waals surface area contributed by atoms with Crippen molar-refractivity contribution in [3.05, 3.63) is 74.9 Å². The molecular weight excluding hydrogens is 379 g/mol. The standard InChI is InChI=1S/C18H12ClFN2O5/c19-15-12(20)7-10-14(23)11(17(24)25)8-22(16(10)21-15)13(18(26)27)6-9-4-2-1-3-5-9/h1-5,7-8,13H,6H2,(H,24,25)(H,26,27). The maximum absolute atomic E-state index is 13.8. The fourth-order valence-electron chi connectivity index (χ4n) is 2.76. The molecular formula is C18H12ClFN2O5. The van der Waals surface area contributed by atoms with Gasteiger partial charge in [0, 0.05) is 12.6 Å². The van der Waals surface area contributed by atoms with Crippen molar-refractivity contribution in [1.29, 1.82) is 0 Å². The Hall–Kier alpha value is -3.26. The molecule has 3 rings (SSSR count). The van der Waals surface area contributed by atoms with Gasteiger partial charge in [-0.3, -0.25) is 4.79 Å². The molecule has 0 spiro atoms. The van der Waals surface area contributed by atoms with Crippen molar-refractivity contribution >= 4 is 34.6 Å². The average Bonchev–Trinajstić information content (AvgIpc) is 2.62. The van der Waals surface area contributed by atoms with E-state index in [1.54, 1.807) is 30.3 Å². The summed E-state index contributed by atoms with van der Waals surface area (Å²) < 4.78 is 14.8. The van der Waals surface area contributed by atoms with E-state index >= 15 is 0 Å². The van der Waals surface area contributed by atoms with Crippen LogP contribution in [0.4, 0.5) is 4.39 Å². The first-order valence-electron chi connectivity index (χ1n) is 7.70. The first kappa shape index (κ1) is 18.5. The minimum atomic E-state index is -1.56. The lowest BCUT2D eigenvalue weighted by atomic mass is 10.0. The molecule has 2 heterocycles. The predicted octanol–water partition coefficient (Wildman–Crippen LogP) is 2.76. The molecule has 3 aromatic rings. The smallest absolute Gasteiger partial charge is 0.341 e. The number of nitrogens with zero attached hydrogens (tertiary/aromatic N) is 2. The molecule has 0 bridgehead atoms. The summed E-state index contributed by atoms with van der Waals surface area (Å²) in [6.07, 6.45) is 0.889. The first-order valence-corrected chi connectivity index (χ1v) is 8.08. The number of carboxylic acid groups (broad SMARTS) is 2. The molecule has 1 atom stereocenters. The summed E-state index contributed by atoms with van der Waals surface area (Å²) >= 11 is 5.69. The van der Waals surface area contributed by atoms with Gasteiger partial charge < -0.3 is 14.8 Å². The van der Waals surface area contributed by atoms with Gasteiger partial charge in [0.2, 0.25) is 5.43 Å². The Morgan fingerprint density at radius 3 is 2.48 bits per heavy atom. The molecule has 0 amide bonds. The first-order chi connectivity index (χ1) is 12.8. The third kappa shape index (κ3) is 3.52. The van der Waals surface area contributed by atoms with Crippen LogP contribution in [0.1, 0.15) is 22.0 Å². The molecule has 0 aliphatic heterocycles. The lowest BCUT2D eigenvalue weighted by Gasteiger charge is -2.19. The van der Waals surface area contributed by atoms with Crippen LogP contribution in [-0.4, -0.2) is 31.7 Å². The van der Waals surface area contributed by atoms with E-state index in [0.29, 0.717) is 5.56 Å². The van der Waals surface area contributed by atoms with E-state index in [-0.39, 0.29) is 17.5 Å². The van der Waals surface area contributed by atoms with Gasteiger partial charge >= 0.3 is 11.9 Å². The number of fused-ring (bicyclic) bond motifs is 1. The summed E-state index contributed by atoms with van der Waals surface area (Å²) in [4.78, 5) is 39.4. The number of rotatable bonds is 5. The van der Waals surface area contributed by atoms with E-state index in [4.69, 9.17) is 11.6 Å². The highest BCUT2D eigenvalue weighted by molar-refractivity contribution is 6.29. The molecule has 0 fully saturated rings. The number of benzene rings is 1. The summed E-state index contributed by atoms with van der Waals surface area (Å²) in [5.74, 6) is -3.84. The molecule has 0 saturated carbocycles. The fourth-order valence-corrected chi connectivity index (χ4v) is 2.89. The largest absolute Gasteiger partial charge is 0.480 e. The van der Waals surface area contributed by atoms with Crippen molar-refractivity contribution in [3.8, 4) is 0 Å². The van der Waals surface area contributed by atoms with Gasteiger partial charge in [-0.05, 0) is 11.6 Å². The Labute approximate surface area is 156 Å². The van der Waals surface area contributed by atoms with Crippen LogP contribution in [0.25, 0.3) is 11.0 Å². The summed E-state index contributed by atoms with van der Waals surface area (Å²) in [6, 6.07) is 8.11. The molecule has 1 aromatic carbocycles. The summed E-state index contributed by atoms with van der Waals surface area (Å²) in [7, 11) is 0. The zero-order chi connectivity index (χ0) is 19.7. The van der Waals surface area contributed by atoms with Crippen molar-refractivity contribution in [3.63, 3.8) is 0 Å². The van der Waals surface area contributed by atoms with Gasteiger partial charge in [0.15, 0.2) is 11.0 Å². The van der Waals surface area contributed by atoms with Crippen LogP contribution >= 0.6 is 11.6 Å². The lowest BCUT2D eigenvalue weighted by molar-refractivity contribution is -0.140. The third-order valence-electron chi connectivity index (χ3n) is 4.04. The molecule has 27 heavy (non-hydrogen) atoms. The van der Waals surface area contributed by atoms with Gasteiger partial charge in [-0.25, -0.2) is 19.0 Å². The van der Waals surface area contributed by atoms with Gasteiger partial charge in [0.05, 0.1) is 5.39 Å². The normalized spacial score (nSPS) is 12.1. The van der Waals surface area contributed by atoms with E-state index in [2.05, 4.69) is 4.98 Å². The molecule has 2 N–H and O–H groups in total. The van der Waals surface area contributed by atoms with Crippen molar-refractivity contribution < 1.29 is 24.2 Å².